The number of unbranched alkanes of at least 4 members (excludes halogenated alkanes) is 3. The summed E-state index contributed by atoms with van der Waals surface area (Å²) < 4.78 is 6.83. The highest BCUT2D eigenvalue weighted by Crippen LogP contribution is 2.35. The Labute approximate surface area is 231 Å². The van der Waals surface area contributed by atoms with Gasteiger partial charge in [0, 0.05) is 28.9 Å². The summed E-state index contributed by atoms with van der Waals surface area (Å²) >= 11 is 1.48. The van der Waals surface area contributed by atoms with E-state index in [1.54, 1.807) is 0 Å². The fourth-order valence-electron chi connectivity index (χ4n) is 4.09. The van der Waals surface area contributed by atoms with Crippen molar-refractivity contribution in [1.82, 2.24) is 9.55 Å². The van der Waals surface area contributed by atoms with E-state index in [0.717, 1.165) is 71.7 Å². The van der Waals surface area contributed by atoms with E-state index in [-0.39, 0.29) is 11.9 Å². The van der Waals surface area contributed by atoms with E-state index in [0.29, 0.717) is 12.3 Å². The fourth-order valence-corrected chi connectivity index (χ4v) is 5.09. The second-order valence-corrected chi connectivity index (χ2v) is 11.9. The number of aromatic nitrogens is 2. The molecule has 2 aromatic carbocycles. The number of benzene rings is 2. The topological polar surface area (TPSA) is 73.2 Å². The van der Waals surface area contributed by atoms with Gasteiger partial charge in [-0.25, -0.2) is 4.98 Å². The van der Waals surface area contributed by atoms with E-state index in [9.17, 15) is 9.59 Å². The smallest absolute Gasteiger partial charge is 0.321 e. The predicted octanol–water partition coefficient (Wildman–Crippen LogP) is 7.82. The molecule has 1 amide bonds. The number of esters is 1. The molecular weight excluding hydrogens is 494 g/mol. The van der Waals surface area contributed by atoms with Crippen LogP contribution in [0.5, 0.6) is 0 Å². The molecule has 0 bridgehead atoms. The molecule has 0 unspecified atom stereocenters. The Hall–Kier alpha value is -3.06. The normalized spacial score (nSPS) is 11.4. The Morgan fingerprint density at radius 2 is 1.71 bits per heavy atom. The Morgan fingerprint density at radius 3 is 2.37 bits per heavy atom. The van der Waals surface area contributed by atoms with Crippen LogP contribution in [0.2, 0.25) is 0 Å². The van der Waals surface area contributed by atoms with Crippen molar-refractivity contribution in [3.63, 3.8) is 0 Å². The van der Waals surface area contributed by atoms with E-state index in [2.05, 4.69) is 29.8 Å². The number of hydrogen-bond acceptors (Lipinski definition) is 5. The van der Waals surface area contributed by atoms with Crippen LogP contribution in [0.4, 0.5) is 5.69 Å². The van der Waals surface area contributed by atoms with Gasteiger partial charge in [-0.15, -0.1) is 11.8 Å². The lowest BCUT2D eigenvalue weighted by Gasteiger charge is -2.22. The SMILES string of the molecule is CCCCCn1cc(C(=O)Nc2ccc(C)cc2C)nc1-c1ccc(SC(C)(C)C(=O)OCCCC)cc1. The predicted molar refractivity (Wildman–Crippen MR) is 157 cm³/mol. The molecule has 204 valence electrons. The highest BCUT2D eigenvalue weighted by atomic mass is 32.2. The lowest BCUT2D eigenvalue weighted by Crippen LogP contribution is -2.30. The van der Waals surface area contributed by atoms with Gasteiger partial charge in [0.15, 0.2) is 0 Å². The number of anilines is 1. The van der Waals surface area contributed by atoms with Gasteiger partial charge in [-0.1, -0.05) is 62.9 Å². The molecule has 1 aromatic heterocycles. The highest BCUT2D eigenvalue weighted by molar-refractivity contribution is 8.01. The molecule has 7 heteroatoms. The first-order valence-corrected chi connectivity index (χ1v) is 14.4. The van der Waals surface area contributed by atoms with Crippen LogP contribution >= 0.6 is 11.8 Å². The number of thioether (sulfide) groups is 1. The molecule has 1 N–H and O–H groups in total. The molecule has 0 saturated heterocycles. The molecule has 0 aliphatic carbocycles. The molecule has 3 aromatic rings. The molecule has 6 nitrogen and oxygen atoms in total. The van der Waals surface area contributed by atoms with Crippen LogP contribution in [0.15, 0.2) is 53.6 Å². The average Bonchev–Trinajstić information content (AvgIpc) is 3.30. The number of nitrogens with zero attached hydrogens (tertiary/aromatic N) is 2. The summed E-state index contributed by atoms with van der Waals surface area (Å²) in [6, 6.07) is 14.0. The van der Waals surface area contributed by atoms with Gasteiger partial charge in [0.25, 0.3) is 5.91 Å². The van der Waals surface area contributed by atoms with E-state index >= 15 is 0 Å². The zero-order chi connectivity index (χ0) is 27.7. The Balaban J connectivity index is 1.79. The van der Waals surface area contributed by atoms with Crippen molar-refractivity contribution in [2.24, 2.45) is 0 Å². The minimum absolute atomic E-state index is 0.203. The number of carbonyl (C=O) groups excluding carboxylic acids is 2. The number of aryl methyl sites for hydroxylation is 3. The van der Waals surface area contributed by atoms with Gasteiger partial charge in [0.2, 0.25) is 0 Å². The van der Waals surface area contributed by atoms with Crippen LogP contribution in [0, 0.1) is 13.8 Å². The van der Waals surface area contributed by atoms with Crippen molar-refractivity contribution in [3.8, 4) is 11.4 Å². The molecule has 0 saturated carbocycles. The van der Waals surface area contributed by atoms with E-state index in [4.69, 9.17) is 9.72 Å². The van der Waals surface area contributed by atoms with Crippen LogP contribution in [0.3, 0.4) is 0 Å². The number of rotatable bonds is 13. The van der Waals surface area contributed by atoms with Gasteiger partial charge in [0.05, 0.1) is 6.61 Å². The van der Waals surface area contributed by atoms with Gasteiger partial charge in [-0.3, -0.25) is 9.59 Å². The molecule has 3 rings (SSSR count). The van der Waals surface area contributed by atoms with Crippen LogP contribution in [-0.2, 0) is 16.1 Å². The molecular formula is C31H41N3O3S. The maximum Gasteiger partial charge on any atom is 0.321 e. The Kier molecular flexibility index (Phi) is 10.6. The first-order valence-electron chi connectivity index (χ1n) is 13.6. The summed E-state index contributed by atoms with van der Waals surface area (Å²) in [4.78, 5) is 31.4. The maximum absolute atomic E-state index is 13.1. The van der Waals surface area contributed by atoms with E-state index in [1.165, 1.54) is 11.8 Å². The Bertz CT molecular complexity index is 1230. The van der Waals surface area contributed by atoms with Gasteiger partial charge in [-0.05, 0) is 64.3 Å². The summed E-state index contributed by atoms with van der Waals surface area (Å²) in [5.74, 6) is 0.343. The van der Waals surface area contributed by atoms with Crippen molar-refractivity contribution < 1.29 is 14.3 Å². The summed E-state index contributed by atoms with van der Waals surface area (Å²) in [6.07, 6.45) is 6.96. The molecule has 0 aliphatic rings. The van der Waals surface area contributed by atoms with Crippen LogP contribution in [0.25, 0.3) is 11.4 Å². The lowest BCUT2D eigenvalue weighted by molar-refractivity contribution is -0.145. The first kappa shape index (κ1) is 29.5. The molecule has 0 fully saturated rings. The minimum Gasteiger partial charge on any atom is -0.465 e. The Morgan fingerprint density at radius 1 is 1.00 bits per heavy atom. The summed E-state index contributed by atoms with van der Waals surface area (Å²) in [7, 11) is 0. The highest BCUT2D eigenvalue weighted by Gasteiger charge is 2.30. The first-order chi connectivity index (χ1) is 18.1. The number of hydrogen-bond donors (Lipinski definition) is 1. The number of imidazole rings is 1. The standard InChI is InChI=1S/C31H41N3O3S/c1-7-9-11-18-34-21-27(29(35)33-26-17-12-22(3)20-23(26)4)32-28(34)24-13-15-25(16-14-24)38-31(5,6)30(36)37-19-10-8-2/h12-17,20-21H,7-11,18-19H2,1-6H3,(H,33,35). The van der Waals surface area contributed by atoms with Crippen LogP contribution < -0.4 is 5.32 Å². The quantitative estimate of drug-likeness (QED) is 0.137. The number of amides is 1. The third-order valence-corrected chi connectivity index (χ3v) is 7.53. The summed E-state index contributed by atoms with van der Waals surface area (Å²) in [5.41, 5.74) is 4.29. The minimum atomic E-state index is -0.687. The number of carbonyl (C=O) groups is 2. The second kappa shape index (κ2) is 13.7. The number of nitrogens with one attached hydrogen (secondary N) is 1. The van der Waals surface area contributed by atoms with Crippen LogP contribution in [-0.4, -0.2) is 32.8 Å². The van der Waals surface area contributed by atoms with Gasteiger partial charge in [0.1, 0.15) is 16.3 Å². The number of ether oxygens (including phenoxy) is 1. The van der Waals surface area contributed by atoms with E-state index in [1.807, 2.05) is 70.3 Å². The molecule has 0 atom stereocenters. The summed E-state index contributed by atoms with van der Waals surface area (Å²) in [6.45, 7) is 13.3. The monoisotopic (exact) mass is 535 g/mol. The third kappa shape index (κ3) is 7.97. The van der Waals surface area contributed by atoms with Crippen molar-refractivity contribution in [1.29, 1.82) is 0 Å². The van der Waals surface area contributed by atoms with Gasteiger partial charge >= 0.3 is 5.97 Å². The van der Waals surface area contributed by atoms with E-state index < -0.39 is 4.75 Å². The van der Waals surface area contributed by atoms with Crippen LogP contribution in [0.1, 0.15) is 81.4 Å². The van der Waals surface area contributed by atoms with Crippen molar-refractivity contribution in [2.45, 2.75) is 89.8 Å². The third-order valence-electron chi connectivity index (χ3n) is 6.35. The zero-order valence-corrected chi connectivity index (χ0v) is 24.4. The van der Waals surface area contributed by atoms with Gasteiger partial charge in [-0.2, -0.15) is 0 Å². The second-order valence-electron chi connectivity index (χ2n) is 10.2. The van der Waals surface area contributed by atoms with Crippen molar-refractivity contribution in [3.05, 3.63) is 65.5 Å². The maximum atomic E-state index is 13.1. The largest absolute Gasteiger partial charge is 0.465 e. The summed E-state index contributed by atoms with van der Waals surface area (Å²) in [5, 5.41) is 3.01. The molecule has 0 radical (unpaired) electrons. The molecule has 0 aliphatic heterocycles. The van der Waals surface area contributed by atoms with Gasteiger partial charge < -0.3 is 14.6 Å². The fraction of sp³-hybridized carbons (Fsp3) is 0.452. The molecule has 38 heavy (non-hydrogen) atoms. The molecule has 0 spiro atoms. The lowest BCUT2D eigenvalue weighted by atomic mass is 10.1. The molecule has 1 heterocycles. The van der Waals surface area contributed by atoms with Crippen molar-refractivity contribution in [2.75, 3.05) is 11.9 Å². The zero-order valence-electron chi connectivity index (χ0n) is 23.6. The average molecular weight is 536 g/mol. The van der Waals surface area contributed by atoms with Crippen molar-refractivity contribution >= 4 is 29.3 Å².